The van der Waals surface area contributed by atoms with Crippen molar-refractivity contribution in [1.29, 1.82) is 0 Å². The van der Waals surface area contributed by atoms with Crippen LogP contribution < -0.4 is 9.62 Å². The Bertz CT molecular complexity index is 1040. The first-order chi connectivity index (χ1) is 15.1. The van der Waals surface area contributed by atoms with E-state index in [2.05, 4.69) is 40.9 Å². The zero-order chi connectivity index (χ0) is 21.6. The third-order valence-corrected chi connectivity index (χ3v) is 7.70. The van der Waals surface area contributed by atoms with Crippen LogP contribution in [0.25, 0.3) is 0 Å². The Morgan fingerprint density at radius 3 is 2.71 bits per heavy atom. The van der Waals surface area contributed by atoms with E-state index in [1.165, 1.54) is 22.5 Å². The number of anilines is 2. The highest BCUT2D eigenvalue weighted by Crippen LogP contribution is 2.29. The van der Waals surface area contributed by atoms with Gasteiger partial charge < -0.3 is 4.90 Å². The fraction of sp³-hybridized carbons (Fsp3) is 0.333. The Balaban J connectivity index is 1.27. The van der Waals surface area contributed by atoms with Crippen LogP contribution in [-0.4, -0.2) is 21.6 Å². The summed E-state index contributed by atoms with van der Waals surface area (Å²) in [5.74, 6) is 0.322. The van der Waals surface area contributed by atoms with Crippen LogP contribution in [0.1, 0.15) is 36.8 Å². The third kappa shape index (κ3) is 5.40. The number of amides is 1. The Kier molecular flexibility index (Phi) is 7.14. The summed E-state index contributed by atoms with van der Waals surface area (Å²) in [6, 6.07) is 15.9. The number of rotatable bonds is 9. The van der Waals surface area contributed by atoms with Gasteiger partial charge in [0.1, 0.15) is 0 Å². The van der Waals surface area contributed by atoms with Crippen molar-refractivity contribution in [2.24, 2.45) is 5.92 Å². The van der Waals surface area contributed by atoms with Crippen LogP contribution in [0.5, 0.6) is 0 Å². The molecule has 1 saturated heterocycles. The van der Waals surface area contributed by atoms with Crippen LogP contribution in [0.3, 0.4) is 0 Å². The number of nitrogens with one attached hydrogen (secondary N) is 1. The molecule has 1 unspecified atom stereocenters. The SMILES string of the molecule is Cc1ccccc1CCCC[C@@H]1CCN(c2ccc(S(=O)Nc3nccs3)cc2)C1=O. The van der Waals surface area contributed by atoms with E-state index in [9.17, 15) is 9.00 Å². The summed E-state index contributed by atoms with van der Waals surface area (Å²) in [6.07, 6.45) is 6.78. The van der Waals surface area contributed by atoms with Crippen molar-refractivity contribution in [2.45, 2.75) is 43.9 Å². The van der Waals surface area contributed by atoms with E-state index in [1.807, 2.05) is 34.5 Å². The normalized spacial score (nSPS) is 17.1. The third-order valence-electron chi connectivity index (χ3n) is 5.80. The van der Waals surface area contributed by atoms with Gasteiger partial charge in [-0.15, -0.1) is 11.3 Å². The van der Waals surface area contributed by atoms with Gasteiger partial charge in [0.15, 0.2) is 16.1 Å². The van der Waals surface area contributed by atoms with Gasteiger partial charge in [0, 0.05) is 29.7 Å². The molecule has 1 aromatic heterocycles. The monoisotopic (exact) mass is 453 g/mol. The van der Waals surface area contributed by atoms with E-state index < -0.39 is 11.0 Å². The standard InChI is InChI=1S/C24H27N3O2S2/c1-18-6-2-3-7-19(18)8-4-5-9-20-14-16-27(23(20)28)21-10-12-22(13-11-21)31(29)26-24-25-15-17-30-24/h2-3,6-7,10-13,15,17,20H,4-5,8-9,14,16H2,1H3,(H,25,26)/t20-,31?/m1/s1. The highest BCUT2D eigenvalue weighted by Gasteiger charge is 2.31. The molecular weight excluding hydrogens is 426 g/mol. The van der Waals surface area contributed by atoms with E-state index >= 15 is 0 Å². The van der Waals surface area contributed by atoms with Crippen LogP contribution in [-0.2, 0) is 22.2 Å². The molecule has 0 bridgehead atoms. The second kappa shape index (κ2) is 10.2. The molecule has 4 rings (SSSR count). The van der Waals surface area contributed by atoms with Gasteiger partial charge >= 0.3 is 0 Å². The summed E-state index contributed by atoms with van der Waals surface area (Å²) in [4.78, 5) is 19.5. The smallest absolute Gasteiger partial charge is 0.230 e. The molecule has 0 aliphatic carbocycles. The van der Waals surface area contributed by atoms with Gasteiger partial charge in [-0.25, -0.2) is 9.19 Å². The second-order valence-electron chi connectivity index (χ2n) is 7.85. The molecular formula is C24H27N3O2S2. The first-order valence-electron chi connectivity index (χ1n) is 10.7. The molecule has 1 aliphatic heterocycles. The van der Waals surface area contributed by atoms with E-state index in [4.69, 9.17) is 0 Å². The van der Waals surface area contributed by atoms with Gasteiger partial charge in [-0.3, -0.25) is 9.52 Å². The van der Waals surface area contributed by atoms with Crippen LogP contribution in [0.15, 0.2) is 65.0 Å². The first-order valence-corrected chi connectivity index (χ1v) is 12.7. The molecule has 7 heteroatoms. The minimum absolute atomic E-state index is 0.109. The lowest BCUT2D eigenvalue weighted by molar-refractivity contribution is -0.120. The summed E-state index contributed by atoms with van der Waals surface area (Å²) < 4.78 is 15.3. The molecule has 2 aromatic carbocycles. The van der Waals surface area contributed by atoms with Crippen LogP contribution in [0.2, 0.25) is 0 Å². The Morgan fingerprint density at radius 2 is 1.97 bits per heavy atom. The van der Waals surface area contributed by atoms with Crippen molar-refractivity contribution in [1.82, 2.24) is 4.98 Å². The predicted octanol–water partition coefficient (Wildman–Crippen LogP) is 5.35. The molecule has 0 radical (unpaired) electrons. The number of benzene rings is 2. The number of aryl methyl sites for hydroxylation is 2. The molecule has 1 fully saturated rings. The van der Waals surface area contributed by atoms with Gasteiger partial charge in [-0.05, 0) is 68.0 Å². The lowest BCUT2D eigenvalue weighted by Gasteiger charge is -2.17. The van der Waals surface area contributed by atoms with Crippen molar-refractivity contribution in [3.63, 3.8) is 0 Å². The van der Waals surface area contributed by atoms with Crippen molar-refractivity contribution in [3.8, 4) is 0 Å². The van der Waals surface area contributed by atoms with E-state index in [0.717, 1.165) is 44.3 Å². The Hall–Kier alpha value is -2.51. The van der Waals surface area contributed by atoms with Crippen LogP contribution in [0.4, 0.5) is 10.8 Å². The summed E-state index contributed by atoms with van der Waals surface area (Å²) in [7, 11) is -1.37. The number of hydrogen-bond donors (Lipinski definition) is 1. The maximum Gasteiger partial charge on any atom is 0.230 e. The Labute approximate surface area is 190 Å². The van der Waals surface area contributed by atoms with Crippen LogP contribution in [0, 0.1) is 12.8 Å². The molecule has 2 atom stereocenters. The maximum absolute atomic E-state index is 12.9. The minimum Gasteiger partial charge on any atom is -0.312 e. The molecule has 162 valence electrons. The number of nitrogens with zero attached hydrogens (tertiary/aromatic N) is 2. The molecule has 1 N–H and O–H groups in total. The van der Waals surface area contributed by atoms with E-state index in [-0.39, 0.29) is 11.8 Å². The molecule has 1 aliphatic rings. The van der Waals surface area contributed by atoms with E-state index in [0.29, 0.717) is 10.0 Å². The molecule has 2 heterocycles. The lowest BCUT2D eigenvalue weighted by Crippen LogP contribution is -2.27. The average molecular weight is 454 g/mol. The Morgan fingerprint density at radius 1 is 1.16 bits per heavy atom. The van der Waals surface area contributed by atoms with Crippen LogP contribution >= 0.6 is 11.3 Å². The van der Waals surface area contributed by atoms with Crippen molar-refractivity contribution in [2.75, 3.05) is 16.2 Å². The maximum atomic E-state index is 12.9. The van der Waals surface area contributed by atoms with E-state index in [1.54, 1.807) is 6.20 Å². The number of unbranched alkanes of at least 4 members (excludes halogenated alkanes) is 1. The molecule has 31 heavy (non-hydrogen) atoms. The van der Waals surface area contributed by atoms with Gasteiger partial charge in [0.25, 0.3) is 0 Å². The fourth-order valence-electron chi connectivity index (χ4n) is 4.02. The minimum atomic E-state index is -1.37. The quantitative estimate of drug-likeness (QED) is 0.444. The molecule has 0 saturated carbocycles. The molecule has 0 spiro atoms. The molecule has 3 aromatic rings. The summed E-state index contributed by atoms with van der Waals surface area (Å²) in [6.45, 7) is 2.91. The fourth-order valence-corrected chi connectivity index (χ4v) is 5.53. The van der Waals surface area contributed by atoms with Crippen molar-refractivity contribution in [3.05, 3.63) is 71.2 Å². The number of carbonyl (C=O) groups is 1. The highest BCUT2D eigenvalue weighted by atomic mass is 32.2. The van der Waals surface area contributed by atoms with Gasteiger partial charge in [-0.1, -0.05) is 30.7 Å². The zero-order valence-corrected chi connectivity index (χ0v) is 19.3. The largest absolute Gasteiger partial charge is 0.312 e. The topological polar surface area (TPSA) is 62.3 Å². The van der Waals surface area contributed by atoms with Gasteiger partial charge in [0.2, 0.25) is 5.91 Å². The summed E-state index contributed by atoms with van der Waals surface area (Å²) in [5, 5.41) is 2.46. The van der Waals surface area contributed by atoms with Crippen molar-refractivity contribution >= 4 is 39.0 Å². The zero-order valence-electron chi connectivity index (χ0n) is 17.6. The lowest BCUT2D eigenvalue weighted by atomic mass is 9.97. The average Bonchev–Trinajstić information content (AvgIpc) is 3.42. The number of hydrogen-bond acceptors (Lipinski definition) is 4. The molecule has 1 amide bonds. The van der Waals surface area contributed by atoms with Gasteiger partial charge in [0.05, 0.1) is 4.90 Å². The van der Waals surface area contributed by atoms with Crippen molar-refractivity contribution < 1.29 is 9.00 Å². The second-order valence-corrected chi connectivity index (χ2v) is 9.96. The molecule has 5 nitrogen and oxygen atoms in total. The highest BCUT2D eigenvalue weighted by molar-refractivity contribution is 7.86. The number of carbonyl (C=O) groups excluding carboxylic acids is 1. The number of aromatic nitrogens is 1. The predicted molar refractivity (Wildman–Crippen MR) is 128 cm³/mol. The van der Waals surface area contributed by atoms with Gasteiger partial charge in [-0.2, -0.15) is 0 Å². The summed E-state index contributed by atoms with van der Waals surface area (Å²) in [5.41, 5.74) is 3.63. The first kappa shape index (κ1) is 21.7. The summed E-state index contributed by atoms with van der Waals surface area (Å²) >= 11 is 1.41. The number of thiazole rings is 1.